The third-order valence-electron chi connectivity index (χ3n) is 4.43. The van der Waals surface area contributed by atoms with Gasteiger partial charge in [-0.05, 0) is 71.0 Å². The molecule has 0 fully saturated rings. The average Bonchev–Trinajstić information content (AvgIpc) is 2.80. The van der Waals surface area contributed by atoms with Crippen LogP contribution in [-0.2, 0) is 4.79 Å². The van der Waals surface area contributed by atoms with E-state index >= 15 is 0 Å². The van der Waals surface area contributed by atoms with Crippen LogP contribution in [-0.4, -0.2) is 31.7 Å². The van der Waals surface area contributed by atoms with Gasteiger partial charge < -0.3 is 14.8 Å². The molecular weight excluding hydrogens is 521 g/mol. The summed E-state index contributed by atoms with van der Waals surface area (Å²) in [5, 5.41) is 6.84. The highest BCUT2D eigenvalue weighted by atomic mass is 127. The number of nitrogens with one attached hydrogen (secondary N) is 2. The van der Waals surface area contributed by atoms with Gasteiger partial charge in [0, 0.05) is 11.3 Å². The molecule has 3 rings (SSSR count). The molecule has 3 aromatic rings. The first-order valence-electron chi connectivity index (χ1n) is 9.72. The van der Waals surface area contributed by atoms with Crippen molar-refractivity contribution >= 4 is 46.3 Å². The van der Waals surface area contributed by atoms with E-state index in [2.05, 4.69) is 38.4 Å². The van der Waals surface area contributed by atoms with Crippen molar-refractivity contribution in [1.29, 1.82) is 0 Å². The number of hydrogen-bond donors (Lipinski definition) is 2. The number of para-hydroxylation sites is 1. The lowest BCUT2D eigenvalue weighted by atomic mass is 10.2. The predicted molar refractivity (Wildman–Crippen MR) is 133 cm³/mol. The number of hydrogen-bond acceptors (Lipinski definition) is 5. The highest BCUT2D eigenvalue weighted by Gasteiger charge is 2.14. The van der Waals surface area contributed by atoms with E-state index < -0.39 is 0 Å². The molecule has 0 unspecified atom stereocenters. The van der Waals surface area contributed by atoms with E-state index in [0.717, 1.165) is 14.8 Å². The second kappa shape index (κ2) is 11.3. The number of anilines is 1. The summed E-state index contributed by atoms with van der Waals surface area (Å²) in [5.41, 5.74) is 5.42. The Hall–Kier alpha value is -3.40. The van der Waals surface area contributed by atoms with Crippen molar-refractivity contribution < 1.29 is 19.1 Å². The van der Waals surface area contributed by atoms with E-state index in [1.54, 1.807) is 30.3 Å². The largest absolute Gasteiger partial charge is 0.493 e. The first kappa shape index (κ1) is 23.3. The van der Waals surface area contributed by atoms with Gasteiger partial charge in [-0.2, -0.15) is 5.10 Å². The molecule has 3 aromatic carbocycles. The average molecular weight is 543 g/mol. The molecule has 164 valence electrons. The molecule has 0 atom stereocenters. The SMILES string of the molecule is COc1cc(/C=N/NC(=O)c2ccccc2)cc(I)c1OCC(=O)Nc1ccccc1C. The Kier molecular flexibility index (Phi) is 8.20. The van der Waals surface area contributed by atoms with Crippen LogP contribution in [0.3, 0.4) is 0 Å². The zero-order valence-electron chi connectivity index (χ0n) is 17.6. The maximum Gasteiger partial charge on any atom is 0.271 e. The van der Waals surface area contributed by atoms with Gasteiger partial charge in [0.15, 0.2) is 18.1 Å². The Balaban J connectivity index is 1.63. The van der Waals surface area contributed by atoms with E-state index in [1.807, 2.05) is 43.3 Å². The molecule has 0 aliphatic heterocycles. The minimum absolute atomic E-state index is 0.165. The summed E-state index contributed by atoms with van der Waals surface area (Å²) in [4.78, 5) is 24.4. The van der Waals surface area contributed by atoms with Gasteiger partial charge in [0.05, 0.1) is 16.9 Å². The van der Waals surface area contributed by atoms with Gasteiger partial charge >= 0.3 is 0 Å². The van der Waals surface area contributed by atoms with Crippen molar-refractivity contribution in [2.24, 2.45) is 5.10 Å². The number of nitrogens with zero attached hydrogens (tertiary/aromatic N) is 1. The number of amides is 2. The van der Waals surface area contributed by atoms with Gasteiger partial charge in [0.1, 0.15) is 0 Å². The Morgan fingerprint density at radius 2 is 1.78 bits per heavy atom. The van der Waals surface area contributed by atoms with Gasteiger partial charge in [0.25, 0.3) is 11.8 Å². The number of carbonyl (C=O) groups is 2. The molecule has 0 heterocycles. The van der Waals surface area contributed by atoms with Crippen molar-refractivity contribution in [2.45, 2.75) is 6.92 Å². The quantitative estimate of drug-likeness (QED) is 0.251. The van der Waals surface area contributed by atoms with Crippen LogP contribution in [0.1, 0.15) is 21.5 Å². The van der Waals surface area contributed by atoms with Crippen LogP contribution >= 0.6 is 22.6 Å². The van der Waals surface area contributed by atoms with Crippen LogP contribution < -0.4 is 20.2 Å². The Bertz CT molecular complexity index is 1130. The molecule has 0 saturated heterocycles. The Morgan fingerprint density at radius 1 is 1.06 bits per heavy atom. The topological polar surface area (TPSA) is 89.0 Å². The summed E-state index contributed by atoms with van der Waals surface area (Å²) in [5.74, 6) is 0.337. The zero-order valence-corrected chi connectivity index (χ0v) is 19.8. The molecular formula is C24H22IN3O4. The minimum atomic E-state index is -0.303. The first-order valence-corrected chi connectivity index (χ1v) is 10.8. The molecule has 32 heavy (non-hydrogen) atoms. The smallest absolute Gasteiger partial charge is 0.271 e. The van der Waals surface area contributed by atoms with Crippen LogP contribution in [0.25, 0.3) is 0 Å². The van der Waals surface area contributed by atoms with Crippen LogP contribution in [0.15, 0.2) is 71.8 Å². The molecule has 0 bridgehead atoms. The number of methoxy groups -OCH3 is 1. The van der Waals surface area contributed by atoms with E-state index in [0.29, 0.717) is 22.6 Å². The first-order chi connectivity index (χ1) is 15.5. The number of carbonyl (C=O) groups excluding carboxylic acids is 2. The summed E-state index contributed by atoms with van der Waals surface area (Å²) in [6.07, 6.45) is 1.51. The van der Waals surface area contributed by atoms with Gasteiger partial charge in [-0.1, -0.05) is 36.4 Å². The van der Waals surface area contributed by atoms with Crippen molar-refractivity contribution in [3.63, 3.8) is 0 Å². The Morgan fingerprint density at radius 3 is 2.50 bits per heavy atom. The van der Waals surface area contributed by atoms with Crippen molar-refractivity contribution in [1.82, 2.24) is 5.43 Å². The molecule has 2 amide bonds. The lowest BCUT2D eigenvalue weighted by Crippen LogP contribution is -2.21. The number of ether oxygens (including phenoxy) is 2. The fourth-order valence-corrected chi connectivity index (χ4v) is 3.59. The molecule has 0 spiro atoms. The second-order valence-corrected chi connectivity index (χ2v) is 7.91. The summed E-state index contributed by atoms with van der Waals surface area (Å²) >= 11 is 2.10. The van der Waals surface area contributed by atoms with Gasteiger partial charge in [0.2, 0.25) is 0 Å². The molecule has 8 heteroatoms. The molecule has 0 aromatic heterocycles. The highest BCUT2D eigenvalue weighted by molar-refractivity contribution is 14.1. The standard InChI is InChI=1S/C24H22IN3O4/c1-16-8-6-7-11-20(16)27-22(29)15-32-23-19(25)12-17(13-21(23)31-2)14-26-28-24(30)18-9-4-3-5-10-18/h3-14H,15H2,1-2H3,(H,27,29)(H,28,30)/b26-14+. The number of benzene rings is 3. The lowest BCUT2D eigenvalue weighted by molar-refractivity contribution is -0.118. The second-order valence-electron chi connectivity index (χ2n) is 6.75. The van der Waals surface area contributed by atoms with Gasteiger partial charge in [-0.15, -0.1) is 0 Å². The zero-order chi connectivity index (χ0) is 22.9. The third-order valence-corrected chi connectivity index (χ3v) is 5.24. The van der Waals surface area contributed by atoms with E-state index in [4.69, 9.17) is 9.47 Å². The van der Waals surface area contributed by atoms with Crippen LogP contribution in [0, 0.1) is 10.5 Å². The maximum absolute atomic E-state index is 12.3. The van der Waals surface area contributed by atoms with Crippen molar-refractivity contribution in [2.75, 3.05) is 19.0 Å². The minimum Gasteiger partial charge on any atom is -0.493 e. The summed E-state index contributed by atoms with van der Waals surface area (Å²) < 4.78 is 11.9. The van der Waals surface area contributed by atoms with Crippen molar-refractivity contribution in [3.05, 3.63) is 87.0 Å². The van der Waals surface area contributed by atoms with Gasteiger partial charge in [-0.3, -0.25) is 9.59 Å². The number of aryl methyl sites for hydroxylation is 1. The monoisotopic (exact) mass is 543 g/mol. The predicted octanol–water partition coefficient (Wildman–Crippen LogP) is 4.39. The van der Waals surface area contributed by atoms with Crippen molar-refractivity contribution in [3.8, 4) is 11.5 Å². The van der Waals surface area contributed by atoms with Crippen LogP contribution in [0.2, 0.25) is 0 Å². The summed E-state index contributed by atoms with van der Waals surface area (Å²) in [6.45, 7) is 1.76. The third kappa shape index (κ3) is 6.30. The highest BCUT2D eigenvalue weighted by Crippen LogP contribution is 2.33. The Labute approximate surface area is 200 Å². The number of hydrazone groups is 1. The van der Waals surface area contributed by atoms with E-state index in [-0.39, 0.29) is 18.4 Å². The fraction of sp³-hybridized carbons (Fsp3) is 0.125. The molecule has 0 aliphatic carbocycles. The maximum atomic E-state index is 12.3. The van der Waals surface area contributed by atoms with Gasteiger partial charge in [-0.25, -0.2) is 5.43 Å². The fourth-order valence-electron chi connectivity index (χ4n) is 2.81. The summed E-state index contributed by atoms with van der Waals surface area (Å²) in [6, 6.07) is 19.9. The molecule has 7 nitrogen and oxygen atoms in total. The van der Waals surface area contributed by atoms with Crippen LogP contribution in [0.4, 0.5) is 5.69 Å². The molecule has 0 saturated carbocycles. The van der Waals surface area contributed by atoms with E-state index in [9.17, 15) is 9.59 Å². The lowest BCUT2D eigenvalue weighted by Gasteiger charge is -2.14. The number of halogens is 1. The number of rotatable bonds is 8. The molecule has 0 radical (unpaired) electrons. The normalized spacial score (nSPS) is 10.6. The molecule has 0 aliphatic rings. The summed E-state index contributed by atoms with van der Waals surface area (Å²) in [7, 11) is 1.52. The van der Waals surface area contributed by atoms with Crippen LogP contribution in [0.5, 0.6) is 11.5 Å². The van der Waals surface area contributed by atoms with E-state index in [1.165, 1.54) is 13.3 Å². The molecule has 2 N–H and O–H groups in total.